The van der Waals surface area contributed by atoms with Crippen molar-refractivity contribution in [3.05, 3.63) is 6.20 Å². The first kappa shape index (κ1) is 23.8. The highest BCUT2D eigenvalue weighted by atomic mass is 32.2. The van der Waals surface area contributed by atoms with Crippen LogP contribution in [0.3, 0.4) is 0 Å². The lowest BCUT2D eigenvalue weighted by atomic mass is 9.97. The van der Waals surface area contributed by atoms with Crippen molar-refractivity contribution in [2.24, 2.45) is 5.92 Å². The Kier molecular flexibility index (Phi) is 9.39. The fourth-order valence-electron chi connectivity index (χ4n) is 3.89. The summed E-state index contributed by atoms with van der Waals surface area (Å²) in [4.78, 5) is 24.5. The lowest BCUT2D eigenvalue weighted by Crippen LogP contribution is -2.37. The molecule has 0 saturated carbocycles. The molecule has 9 heteroatoms. The Morgan fingerprint density at radius 1 is 1.16 bits per heavy atom. The van der Waals surface area contributed by atoms with Gasteiger partial charge in [0.2, 0.25) is 5.91 Å². The molecular formula is C22H36N6O2S. The van der Waals surface area contributed by atoms with Crippen molar-refractivity contribution < 1.29 is 9.53 Å². The molecule has 172 valence electrons. The quantitative estimate of drug-likeness (QED) is 0.393. The van der Waals surface area contributed by atoms with E-state index in [0.29, 0.717) is 26.3 Å². The monoisotopic (exact) mass is 448 g/mol. The molecule has 1 saturated heterocycles. The number of fused-ring (bicyclic) bond motifs is 1. The zero-order valence-corrected chi connectivity index (χ0v) is 19.9. The maximum atomic E-state index is 12.6. The third kappa shape index (κ3) is 6.32. The van der Waals surface area contributed by atoms with Crippen LogP contribution >= 0.6 is 11.8 Å². The second-order valence-electron chi connectivity index (χ2n) is 7.95. The van der Waals surface area contributed by atoms with Crippen molar-refractivity contribution in [1.82, 2.24) is 25.1 Å². The topological polar surface area (TPSA) is 85.2 Å². The number of hydrogen-bond acceptors (Lipinski definition) is 7. The number of ether oxygens (including phenoxy) is 1. The van der Waals surface area contributed by atoms with Crippen LogP contribution in [0.5, 0.6) is 0 Å². The van der Waals surface area contributed by atoms with Crippen LogP contribution in [0.1, 0.15) is 52.9 Å². The number of carbonyl (C=O) groups excluding carboxylic acids is 1. The maximum Gasteiger partial charge on any atom is 0.223 e. The fourth-order valence-corrected chi connectivity index (χ4v) is 4.58. The van der Waals surface area contributed by atoms with E-state index in [4.69, 9.17) is 14.7 Å². The van der Waals surface area contributed by atoms with Gasteiger partial charge in [-0.3, -0.25) is 4.79 Å². The van der Waals surface area contributed by atoms with Gasteiger partial charge in [-0.25, -0.2) is 14.6 Å². The van der Waals surface area contributed by atoms with E-state index in [1.165, 1.54) is 0 Å². The van der Waals surface area contributed by atoms with E-state index < -0.39 is 0 Å². The number of thioether (sulfide) groups is 1. The minimum atomic E-state index is 0.108. The largest absolute Gasteiger partial charge is 0.378 e. The molecule has 1 aliphatic heterocycles. The summed E-state index contributed by atoms with van der Waals surface area (Å²) in [5.74, 6) is 2.18. The number of morpholine rings is 1. The average Bonchev–Trinajstić information content (AvgIpc) is 3.20. The van der Waals surface area contributed by atoms with Gasteiger partial charge in [0.25, 0.3) is 0 Å². The summed E-state index contributed by atoms with van der Waals surface area (Å²) in [7, 11) is 0. The van der Waals surface area contributed by atoms with Gasteiger partial charge in [-0.2, -0.15) is 5.10 Å². The summed E-state index contributed by atoms with van der Waals surface area (Å²) in [6.07, 6.45) is 6.87. The highest BCUT2D eigenvalue weighted by molar-refractivity contribution is 7.99. The smallest absolute Gasteiger partial charge is 0.223 e. The molecule has 31 heavy (non-hydrogen) atoms. The number of aromatic nitrogens is 4. The third-order valence-corrected chi connectivity index (χ3v) is 6.52. The second-order valence-corrected chi connectivity index (χ2v) is 9.01. The molecule has 0 bridgehead atoms. The van der Waals surface area contributed by atoms with Gasteiger partial charge in [-0.05, 0) is 19.3 Å². The summed E-state index contributed by atoms with van der Waals surface area (Å²) in [6, 6.07) is 0. The molecule has 1 aliphatic rings. The van der Waals surface area contributed by atoms with Gasteiger partial charge in [0.15, 0.2) is 10.8 Å². The van der Waals surface area contributed by atoms with Crippen molar-refractivity contribution in [2.45, 2.75) is 64.6 Å². The molecule has 3 rings (SSSR count). The van der Waals surface area contributed by atoms with Crippen LogP contribution in [0.4, 0.5) is 5.82 Å². The highest BCUT2D eigenvalue weighted by Gasteiger charge is 2.21. The predicted octanol–water partition coefficient (Wildman–Crippen LogP) is 3.50. The van der Waals surface area contributed by atoms with Crippen molar-refractivity contribution >= 4 is 34.5 Å². The lowest BCUT2D eigenvalue weighted by molar-refractivity contribution is -0.125. The molecule has 1 fully saturated rings. The van der Waals surface area contributed by atoms with Crippen LogP contribution in [0.25, 0.3) is 11.0 Å². The van der Waals surface area contributed by atoms with Gasteiger partial charge in [0.1, 0.15) is 5.82 Å². The van der Waals surface area contributed by atoms with E-state index in [2.05, 4.69) is 36.1 Å². The number of anilines is 1. The Bertz CT molecular complexity index is 831. The molecule has 2 aromatic heterocycles. The van der Waals surface area contributed by atoms with Gasteiger partial charge in [-0.15, -0.1) is 0 Å². The first-order valence-corrected chi connectivity index (χ1v) is 12.6. The standard InChI is InChI=1S/C22H36N6O2S/c1-4-7-17(8-5-2)21(29)23-9-10-28-20-18(16-24-28)19(27-11-13-30-14-12-27)25-22(26-20)31-15-6-3/h16-17H,4-15H2,1-3H3,(H,23,29). The Morgan fingerprint density at radius 3 is 2.58 bits per heavy atom. The number of amides is 1. The normalized spacial score (nSPS) is 14.5. The zero-order chi connectivity index (χ0) is 22.1. The van der Waals surface area contributed by atoms with E-state index >= 15 is 0 Å². The summed E-state index contributed by atoms with van der Waals surface area (Å²) < 4.78 is 7.41. The summed E-state index contributed by atoms with van der Waals surface area (Å²) in [5.41, 5.74) is 0.836. The number of rotatable bonds is 12. The number of hydrogen-bond donors (Lipinski definition) is 1. The van der Waals surface area contributed by atoms with Gasteiger partial charge in [0, 0.05) is 31.3 Å². The van der Waals surface area contributed by atoms with Crippen LogP contribution in [-0.2, 0) is 16.1 Å². The summed E-state index contributed by atoms with van der Waals surface area (Å²) >= 11 is 1.68. The van der Waals surface area contributed by atoms with Crippen molar-refractivity contribution in [3.8, 4) is 0 Å². The Labute approximate surface area is 189 Å². The third-order valence-electron chi connectivity index (χ3n) is 5.47. The zero-order valence-electron chi connectivity index (χ0n) is 19.1. The highest BCUT2D eigenvalue weighted by Crippen LogP contribution is 2.28. The van der Waals surface area contributed by atoms with E-state index in [9.17, 15) is 4.79 Å². The summed E-state index contributed by atoms with van der Waals surface area (Å²) in [5, 5.41) is 9.44. The molecule has 0 unspecified atom stereocenters. The molecule has 1 amide bonds. The Morgan fingerprint density at radius 2 is 1.90 bits per heavy atom. The van der Waals surface area contributed by atoms with Crippen LogP contribution in [0.2, 0.25) is 0 Å². The van der Waals surface area contributed by atoms with E-state index in [1.54, 1.807) is 11.8 Å². The Hall–Kier alpha value is -1.87. The Balaban J connectivity index is 1.75. The maximum absolute atomic E-state index is 12.6. The fraction of sp³-hybridized carbons (Fsp3) is 0.727. The number of nitrogens with zero attached hydrogens (tertiary/aromatic N) is 5. The lowest BCUT2D eigenvalue weighted by Gasteiger charge is -2.28. The molecule has 0 radical (unpaired) electrons. The number of nitrogens with one attached hydrogen (secondary N) is 1. The van der Waals surface area contributed by atoms with Gasteiger partial charge in [-0.1, -0.05) is 45.4 Å². The molecule has 0 atom stereocenters. The van der Waals surface area contributed by atoms with Crippen LogP contribution in [-0.4, -0.2) is 64.3 Å². The van der Waals surface area contributed by atoms with Gasteiger partial charge in [0.05, 0.1) is 31.3 Å². The SMILES string of the molecule is CCCSc1nc(N2CCOCC2)c2cnn(CCNC(=O)C(CCC)CCC)c2n1. The van der Waals surface area contributed by atoms with Gasteiger partial charge < -0.3 is 15.0 Å². The second kappa shape index (κ2) is 12.2. The number of carbonyl (C=O) groups is 1. The molecule has 2 aromatic rings. The van der Waals surface area contributed by atoms with Crippen molar-refractivity contribution in [3.63, 3.8) is 0 Å². The average molecular weight is 449 g/mol. The first-order chi connectivity index (χ1) is 15.2. The van der Waals surface area contributed by atoms with Crippen LogP contribution in [0, 0.1) is 5.92 Å². The van der Waals surface area contributed by atoms with E-state index in [0.717, 1.165) is 73.0 Å². The molecule has 0 spiro atoms. The molecule has 0 aromatic carbocycles. The van der Waals surface area contributed by atoms with E-state index in [1.807, 2.05) is 10.9 Å². The van der Waals surface area contributed by atoms with Crippen molar-refractivity contribution in [1.29, 1.82) is 0 Å². The van der Waals surface area contributed by atoms with Crippen LogP contribution < -0.4 is 10.2 Å². The molecule has 0 aliphatic carbocycles. The van der Waals surface area contributed by atoms with Crippen LogP contribution in [0.15, 0.2) is 11.4 Å². The minimum Gasteiger partial charge on any atom is -0.378 e. The molecular weight excluding hydrogens is 412 g/mol. The predicted molar refractivity (Wildman–Crippen MR) is 126 cm³/mol. The molecule has 8 nitrogen and oxygen atoms in total. The van der Waals surface area contributed by atoms with Crippen molar-refractivity contribution in [2.75, 3.05) is 43.5 Å². The minimum absolute atomic E-state index is 0.108. The molecule has 1 N–H and O–H groups in total. The van der Waals surface area contributed by atoms with E-state index in [-0.39, 0.29) is 11.8 Å². The first-order valence-electron chi connectivity index (χ1n) is 11.6. The van der Waals surface area contributed by atoms with Gasteiger partial charge >= 0.3 is 0 Å². The summed E-state index contributed by atoms with van der Waals surface area (Å²) in [6.45, 7) is 10.6. The molecule has 3 heterocycles.